The number of anilines is 1. The Morgan fingerprint density at radius 3 is 2.67 bits per heavy atom. The number of aliphatic hydroxyl groups excluding tert-OH is 1. The number of ether oxygens (including phenoxy) is 2. The predicted octanol–water partition coefficient (Wildman–Crippen LogP) is 2.94. The van der Waals surface area contributed by atoms with Crippen molar-refractivity contribution in [2.24, 2.45) is 0 Å². The van der Waals surface area contributed by atoms with Gasteiger partial charge in [-0.15, -0.1) is 0 Å². The molecule has 0 spiro atoms. The number of hydrogen-bond acceptors (Lipinski definition) is 6. The Morgan fingerprint density at radius 1 is 1.15 bits per heavy atom. The summed E-state index contributed by atoms with van der Waals surface area (Å²) >= 11 is 0. The second-order valence-electron chi connectivity index (χ2n) is 9.00. The van der Waals surface area contributed by atoms with E-state index < -0.39 is 11.5 Å². The number of likely N-dealkylation sites (tertiary alicyclic amines) is 1. The first-order chi connectivity index (χ1) is 15.9. The number of carbonyl (C=O) groups excluding carboxylic acids is 2. The molecule has 2 aliphatic rings. The average molecular weight is 453 g/mol. The minimum absolute atomic E-state index is 0.0355. The zero-order chi connectivity index (χ0) is 23.4. The number of carbonyl (C=O) groups is 2. The van der Waals surface area contributed by atoms with Crippen LogP contribution in [0.4, 0.5) is 5.69 Å². The summed E-state index contributed by atoms with van der Waals surface area (Å²) in [6.45, 7) is 3.81. The van der Waals surface area contributed by atoms with Crippen LogP contribution in [0.3, 0.4) is 0 Å². The van der Waals surface area contributed by atoms with Crippen molar-refractivity contribution in [2.75, 3.05) is 38.7 Å². The number of aliphatic hydroxyl groups is 1. The first-order valence-corrected chi connectivity index (χ1v) is 11.5. The number of aryl methyl sites for hydroxylation is 1. The van der Waals surface area contributed by atoms with Gasteiger partial charge in [0.2, 0.25) is 5.91 Å². The molecule has 0 aliphatic carbocycles. The normalized spacial score (nSPS) is 18.7. The summed E-state index contributed by atoms with van der Waals surface area (Å²) in [7, 11) is 1.63. The number of hydrogen-bond donors (Lipinski definition) is 2. The summed E-state index contributed by atoms with van der Waals surface area (Å²) in [5.74, 6) is 1.65. The number of amides is 1. The fourth-order valence-corrected chi connectivity index (χ4v) is 4.87. The lowest BCUT2D eigenvalue weighted by Gasteiger charge is -2.41. The van der Waals surface area contributed by atoms with Crippen LogP contribution >= 0.6 is 0 Å². The van der Waals surface area contributed by atoms with Gasteiger partial charge in [-0.2, -0.15) is 0 Å². The van der Waals surface area contributed by atoms with E-state index in [9.17, 15) is 14.7 Å². The van der Waals surface area contributed by atoms with E-state index >= 15 is 0 Å². The lowest BCUT2D eigenvalue weighted by atomic mass is 9.70. The Labute approximate surface area is 194 Å². The third-order valence-electron chi connectivity index (χ3n) is 6.89. The molecule has 0 bridgehead atoms. The number of nitrogens with one attached hydrogen (secondary N) is 1. The molecule has 0 aromatic heterocycles. The first kappa shape index (κ1) is 23.3. The first-order valence-electron chi connectivity index (χ1n) is 11.5. The molecule has 1 saturated heterocycles. The highest BCUT2D eigenvalue weighted by Crippen LogP contribution is 2.38. The summed E-state index contributed by atoms with van der Waals surface area (Å²) in [6.07, 6.45) is 1.95. The van der Waals surface area contributed by atoms with E-state index in [0.29, 0.717) is 38.0 Å². The third-order valence-corrected chi connectivity index (χ3v) is 6.89. The predicted molar refractivity (Wildman–Crippen MR) is 126 cm³/mol. The molecule has 0 radical (unpaired) electrons. The van der Waals surface area contributed by atoms with Crippen LogP contribution in [0.15, 0.2) is 42.5 Å². The number of rotatable bonds is 8. The number of β-amino-alcohol motifs (C(OH)–C–C–N with tert-alkyl or cyclic N) is 1. The van der Waals surface area contributed by atoms with Crippen molar-refractivity contribution in [1.29, 1.82) is 0 Å². The van der Waals surface area contributed by atoms with Crippen LogP contribution in [-0.2, 0) is 21.4 Å². The van der Waals surface area contributed by atoms with Gasteiger partial charge in [0.25, 0.3) is 0 Å². The molecule has 2 aromatic rings. The highest BCUT2D eigenvalue weighted by molar-refractivity contribution is 5.94. The van der Waals surface area contributed by atoms with Gasteiger partial charge in [-0.25, -0.2) is 0 Å². The fraction of sp³-hybridized carbons (Fsp3) is 0.462. The second kappa shape index (κ2) is 9.93. The zero-order valence-corrected chi connectivity index (χ0v) is 19.3. The highest BCUT2D eigenvalue weighted by atomic mass is 16.5. The molecule has 7 heteroatoms. The molecule has 4 rings (SSSR count). The monoisotopic (exact) mass is 452 g/mol. The number of piperidine rings is 1. The molecule has 176 valence electrons. The maximum Gasteiger partial charge on any atom is 0.224 e. The van der Waals surface area contributed by atoms with Crippen LogP contribution in [0.2, 0.25) is 0 Å². The summed E-state index contributed by atoms with van der Waals surface area (Å²) in [4.78, 5) is 26.4. The van der Waals surface area contributed by atoms with Crippen molar-refractivity contribution in [3.63, 3.8) is 0 Å². The van der Waals surface area contributed by atoms with E-state index in [-0.39, 0.29) is 18.3 Å². The van der Waals surface area contributed by atoms with Crippen molar-refractivity contribution in [3.8, 4) is 11.5 Å². The lowest BCUT2D eigenvalue weighted by molar-refractivity contribution is -0.124. The molecule has 0 saturated carbocycles. The molecule has 1 unspecified atom stereocenters. The molecule has 7 nitrogen and oxygen atoms in total. The number of nitrogens with zero attached hydrogens (tertiary/aromatic N) is 1. The van der Waals surface area contributed by atoms with Crippen LogP contribution in [0.5, 0.6) is 11.5 Å². The quantitative estimate of drug-likeness (QED) is 0.640. The highest BCUT2D eigenvalue weighted by Gasteiger charge is 2.40. The minimum Gasteiger partial charge on any atom is -0.497 e. The largest absolute Gasteiger partial charge is 0.497 e. The molecule has 2 aliphatic heterocycles. The van der Waals surface area contributed by atoms with Crippen LogP contribution < -0.4 is 14.8 Å². The molecule has 2 heterocycles. The van der Waals surface area contributed by atoms with Gasteiger partial charge in [-0.05, 0) is 80.7 Å². The maximum atomic E-state index is 12.7. The van der Waals surface area contributed by atoms with Gasteiger partial charge in [0.15, 0.2) is 0 Å². The van der Waals surface area contributed by atoms with Crippen LogP contribution in [-0.4, -0.2) is 61.2 Å². The van der Waals surface area contributed by atoms with Gasteiger partial charge in [0, 0.05) is 18.7 Å². The summed E-state index contributed by atoms with van der Waals surface area (Å²) in [6, 6.07) is 13.4. The molecular weight excluding hydrogens is 420 g/mol. The maximum absolute atomic E-state index is 12.7. The molecule has 1 amide bonds. The van der Waals surface area contributed by atoms with Crippen LogP contribution in [0, 0.1) is 0 Å². The van der Waals surface area contributed by atoms with Crippen LogP contribution in [0.1, 0.15) is 37.3 Å². The number of methoxy groups -OCH3 is 1. The van der Waals surface area contributed by atoms with E-state index in [1.807, 2.05) is 42.5 Å². The summed E-state index contributed by atoms with van der Waals surface area (Å²) in [5.41, 5.74) is 2.38. The SMILES string of the molecule is COc1cccc(C2(C(C)=O)CCN(CC(O)COc3ccc4c(c3)CCC(=O)N4)CC2)c1. The van der Waals surface area contributed by atoms with Crippen LogP contribution in [0.25, 0.3) is 0 Å². The fourth-order valence-electron chi connectivity index (χ4n) is 4.87. The van der Waals surface area contributed by atoms with Gasteiger partial charge in [-0.3, -0.25) is 9.59 Å². The van der Waals surface area contributed by atoms with Gasteiger partial charge in [0.1, 0.15) is 30.0 Å². The minimum atomic E-state index is -0.637. The smallest absolute Gasteiger partial charge is 0.224 e. The summed E-state index contributed by atoms with van der Waals surface area (Å²) < 4.78 is 11.2. The van der Waals surface area contributed by atoms with E-state index in [1.54, 1.807) is 14.0 Å². The van der Waals surface area contributed by atoms with Gasteiger partial charge < -0.3 is 24.8 Å². The van der Waals surface area contributed by atoms with Gasteiger partial charge in [0.05, 0.1) is 12.5 Å². The van der Waals surface area contributed by atoms with Gasteiger partial charge in [-0.1, -0.05) is 12.1 Å². The van der Waals surface area contributed by atoms with E-state index in [4.69, 9.17) is 9.47 Å². The third kappa shape index (κ3) is 5.20. The van der Waals surface area contributed by atoms with Crippen molar-refractivity contribution >= 4 is 17.4 Å². The van der Waals surface area contributed by atoms with Gasteiger partial charge >= 0.3 is 0 Å². The number of benzene rings is 2. The molecule has 2 aromatic carbocycles. The standard InChI is InChI=1S/C26H32N2O5/c1-18(29)26(20-4-3-5-22(15-20)32-2)10-12-28(13-11-26)16-21(30)17-33-23-7-8-24-19(14-23)6-9-25(31)27-24/h3-5,7-8,14-15,21,30H,6,9-13,16-17H2,1-2H3,(H,27,31). The van der Waals surface area contributed by atoms with E-state index in [2.05, 4.69) is 10.2 Å². The Morgan fingerprint density at radius 2 is 1.94 bits per heavy atom. The number of ketones is 1. The zero-order valence-electron chi connectivity index (χ0n) is 19.3. The molecule has 1 fully saturated rings. The molecule has 1 atom stereocenters. The Bertz CT molecular complexity index is 1010. The lowest BCUT2D eigenvalue weighted by Crippen LogP contribution is -2.48. The Hall–Kier alpha value is -2.90. The van der Waals surface area contributed by atoms with Crippen molar-refractivity contribution < 1.29 is 24.2 Å². The molecule has 33 heavy (non-hydrogen) atoms. The van der Waals surface area contributed by atoms with Crippen molar-refractivity contribution in [2.45, 2.75) is 44.1 Å². The van der Waals surface area contributed by atoms with Crippen molar-refractivity contribution in [3.05, 3.63) is 53.6 Å². The summed E-state index contributed by atoms with van der Waals surface area (Å²) in [5, 5.41) is 13.4. The van der Waals surface area contributed by atoms with Crippen molar-refractivity contribution in [1.82, 2.24) is 4.90 Å². The average Bonchev–Trinajstić information content (AvgIpc) is 2.83. The molecular formula is C26H32N2O5. The topological polar surface area (TPSA) is 88.1 Å². The van der Waals surface area contributed by atoms with E-state index in [0.717, 1.165) is 35.7 Å². The Kier molecular flexibility index (Phi) is 7.00. The number of fused-ring (bicyclic) bond motifs is 1. The second-order valence-corrected chi connectivity index (χ2v) is 9.00. The molecule has 2 N–H and O–H groups in total. The Balaban J connectivity index is 1.31. The van der Waals surface area contributed by atoms with E-state index in [1.165, 1.54) is 0 Å². The number of Topliss-reactive ketones (excluding diaryl/α,β-unsaturated/α-hetero) is 1.